The molecule has 3 aromatic rings. The molecule has 3 heterocycles. The lowest BCUT2D eigenvalue weighted by atomic mass is 9.93. The molecule has 1 fully saturated rings. The van der Waals surface area contributed by atoms with E-state index in [0.29, 0.717) is 43.2 Å². The van der Waals surface area contributed by atoms with E-state index in [4.69, 9.17) is 9.47 Å². The molecule has 0 radical (unpaired) electrons. The van der Waals surface area contributed by atoms with E-state index in [1.807, 2.05) is 11.0 Å². The summed E-state index contributed by atoms with van der Waals surface area (Å²) in [6.45, 7) is 2.81. The molecule has 194 valence electrons. The topological polar surface area (TPSA) is 62.3 Å². The standard InChI is InChI=1S/C28H30FN3O4S/c1-35-22-15-20(16-23(17-22)36-2)28(34)31-11-9-30(10-12-31)26(33)18-32-8-6-25-24(7-13-37-25)27(32)19-4-3-5-21(29)14-19/h3-5,7,13-17,27H,6,8-12,18H2,1-2H3/t27-/m1/s1. The van der Waals surface area contributed by atoms with Crippen LogP contribution in [-0.2, 0) is 11.2 Å². The van der Waals surface area contributed by atoms with Gasteiger partial charge in [0.05, 0.1) is 26.8 Å². The number of hydrogen-bond acceptors (Lipinski definition) is 6. The van der Waals surface area contributed by atoms with Gasteiger partial charge >= 0.3 is 0 Å². The third-order valence-electron chi connectivity index (χ3n) is 7.09. The van der Waals surface area contributed by atoms with Gasteiger partial charge in [0.2, 0.25) is 5.91 Å². The number of piperazine rings is 1. The average Bonchev–Trinajstić information content (AvgIpc) is 3.41. The van der Waals surface area contributed by atoms with Gasteiger partial charge in [-0.3, -0.25) is 14.5 Å². The summed E-state index contributed by atoms with van der Waals surface area (Å²) in [5.41, 5.74) is 2.50. The molecule has 0 aliphatic carbocycles. The van der Waals surface area contributed by atoms with E-state index in [1.165, 1.54) is 10.9 Å². The summed E-state index contributed by atoms with van der Waals surface area (Å²) in [4.78, 5) is 33.5. The number of carbonyl (C=O) groups is 2. The number of benzene rings is 2. The lowest BCUT2D eigenvalue weighted by molar-refractivity contribution is -0.134. The van der Waals surface area contributed by atoms with Crippen molar-refractivity contribution in [2.24, 2.45) is 0 Å². The Morgan fingerprint density at radius 2 is 1.65 bits per heavy atom. The van der Waals surface area contributed by atoms with Gasteiger partial charge in [0, 0.05) is 49.2 Å². The third kappa shape index (κ3) is 5.33. The number of fused-ring (bicyclic) bond motifs is 1. The van der Waals surface area contributed by atoms with Crippen LogP contribution in [0.4, 0.5) is 4.39 Å². The van der Waals surface area contributed by atoms with Crippen LogP contribution in [0.5, 0.6) is 11.5 Å². The van der Waals surface area contributed by atoms with Gasteiger partial charge in [0.15, 0.2) is 0 Å². The van der Waals surface area contributed by atoms with Crippen molar-refractivity contribution in [1.82, 2.24) is 14.7 Å². The minimum atomic E-state index is -0.277. The SMILES string of the molecule is COc1cc(OC)cc(C(=O)N2CCN(C(=O)CN3CCc4sccc4[C@H]3c3cccc(F)c3)CC2)c1. The highest BCUT2D eigenvalue weighted by Crippen LogP contribution is 2.37. The van der Waals surface area contributed by atoms with Crippen molar-refractivity contribution in [3.05, 3.63) is 81.3 Å². The summed E-state index contributed by atoms with van der Waals surface area (Å²) < 4.78 is 24.7. The molecule has 1 atom stereocenters. The highest BCUT2D eigenvalue weighted by molar-refractivity contribution is 7.10. The fourth-order valence-corrected chi connectivity index (χ4v) is 6.06. The molecular weight excluding hydrogens is 493 g/mol. The molecule has 1 saturated heterocycles. The summed E-state index contributed by atoms with van der Waals surface area (Å²) >= 11 is 1.71. The van der Waals surface area contributed by atoms with Gasteiger partial charge in [0.25, 0.3) is 5.91 Å². The molecule has 2 amide bonds. The molecule has 2 aliphatic heterocycles. The zero-order valence-corrected chi connectivity index (χ0v) is 21.8. The van der Waals surface area contributed by atoms with Crippen LogP contribution in [0.2, 0.25) is 0 Å². The van der Waals surface area contributed by atoms with Crippen LogP contribution in [0, 0.1) is 5.82 Å². The number of methoxy groups -OCH3 is 2. The maximum Gasteiger partial charge on any atom is 0.254 e. The van der Waals surface area contributed by atoms with Gasteiger partial charge in [-0.05, 0) is 53.3 Å². The largest absolute Gasteiger partial charge is 0.497 e. The Balaban J connectivity index is 1.25. The minimum absolute atomic E-state index is 0.0234. The molecule has 0 N–H and O–H groups in total. The number of thiophene rings is 1. The molecule has 0 unspecified atom stereocenters. The Morgan fingerprint density at radius 1 is 0.946 bits per heavy atom. The molecule has 0 bridgehead atoms. The fraction of sp³-hybridized carbons (Fsp3) is 0.357. The highest BCUT2D eigenvalue weighted by Gasteiger charge is 2.33. The molecule has 37 heavy (non-hydrogen) atoms. The number of nitrogens with zero attached hydrogens (tertiary/aromatic N) is 3. The highest BCUT2D eigenvalue weighted by atomic mass is 32.1. The van der Waals surface area contributed by atoms with Gasteiger partial charge in [-0.2, -0.15) is 0 Å². The van der Waals surface area contributed by atoms with E-state index in [9.17, 15) is 14.0 Å². The Labute approximate surface area is 220 Å². The van der Waals surface area contributed by atoms with E-state index in [-0.39, 0.29) is 30.2 Å². The monoisotopic (exact) mass is 523 g/mol. The van der Waals surface area contributed by atoms with Gasteiger partial charge < -0.3 is 19.3 Å². The molecule has 0 spiro atoms. The molecule has 2 aromatic carbocycles. The molecule has 7 nitrogen and oxygen atoms in total. The van der Waals surface area contributed by atoms with E-state index in [0.717, 1.165) is 24.1 Å². The van der Waals surface area contributed by atoms with Crippen molar-refractivity contribution in [2.45, 2.75) is 12.5 Å². The Morgan fingerprint density at radius 3 is 2.32 bits per heavy atom. The predicted molar refractivity (Wildman–Crippen MR) is 140 cm³/mol. The lowest BCUT2D eigenvalue weighted by Crippen LogP contribution is -2.53. The first-order chi connectivity index (χ1) is 18.0. The van der Waals surface area contributed by atoms with Crippen LogP contribution in [0.1, 0.15) is 32.4 Å². The lowest BCUT2D eigenvalue weighted by Gasteiger charge is -2.39. The fourth-order valence-electron chi connectivity index (χ4n) is 5.15. The minimum Gasteiger partial charge on any atom is -0.497 e. The summed E-state index contributed by atoms with van der Waals surface area (Å²) in [6.07, 6.45) is 0.873. The van der Waals surface area contributed by atoms with Crippen LogP contribution >= 0.6 is 11.3 Å². The Hall–Kier alpha value is -3.43. The summed E-state index contributed by atoms with van der Waals surface area (Å²) in [7, 11) is 3.10. The van der Waals surface area contributed by atoms with Gasteiger partial charge in [-0.15, -0.1) is 11.3 Å². The average molecular weight is 524 g/mol. The second kappa shape index (κ2) is 10.9. The number of amides is 2. The normalized spacial score (nSPS) is 17.9. The zero-order valence-electron chi connectivity index (χ0n) is 21.0. The Bertz CT molecular complexity index is 1270. The third-order valence-corrected chi connectivity index (χ3v) is 8.08. The number of carbonyl (C=O) groups excluding carboxylic acids is 2. The maximum atomic E-state index is 14.1. The van der Waals surface area contributed by atoms with Crippen LogP contribution < -0.4 is 9.47 Å². The summed E-state index contributed by atoms with van der Waals surface area (Å²) in [6, 6.07) is 13.7. The van der Waals surface area contributed by atoms with Crippen molar-refractivity contribution in [3.8, 4) is 11.5 Å². The van der Waals surface area contributed by atoms with Crippen LogP contribution in [0.3, 0.4) is 0 Å². The second-order valence-electron chi connectivity index (χ2n) is 9.25. The van der Waals surface area contributed by atoms with Crippen molar-refractivity contribution < 1.29 is 23.5 Å². The van der Waals surface area contributed by atoms with E-state index >= 15 is 0 Å². The Kier molecular flexibility index (Phi) is 7.43. The van der Waals surface area contributed by atoms with Gasteiger partial charge in [-0.25, -0.2) is 4.39 Å². The van der Waals surface area contributed by atoms with Gasteiger partial charge in [-0.1, -0.05) is 12.1 Å². The number of rotatable bonds is 6. The molecule has 1 aromatic heterocycles. The number of halogens is 1. The first kappa shape index (κ1) is 25.2. The maximum absolute atomic E-state index is 14.1. The first-order valence-electron chi connectivity index (χ1n) is 12.3. The van der Waals surface area contributed by atoms with Crippen molar-refractivity contribution in [3.63, 3.8) is 0 Å². The summed E-state index contributed by atoms with van der Waals surface area (Å²) in [5, 5.41) is 2.07. The smallest absolute Gasteiger partial charge is 0.254 e. The van der Waals surface area contributed by atoms with E-state index < -0.39 is 0 Å². The zero-order chi connectivity index (χ0) is 25.9. The van der Waals surface area contributed by atoms with Crippen LogP contribution in [0.25, 0.3) is 0 Å². The number of ether oxygens (including phenoxy) is 2. The molecule has 5 rings (SSSR count). The molecule has 9 heteroatoms. The quantitative estimate of drug-likeness (QED) is 0.492. The second-order valence-corrected chi connectivity index (χ2v) is 10.3. The molecule has 0 saturated carbocycles. The number of hydrogen-bond donors (Lipinski definition) is 0. The predicted octanol–water partition coefficient (Wildman–Crippen LogP) is 3.84. The molecular formula is C28H30FN3O4S. The van der Waals surface area contributed by atoms with Crippen molar-refractivity contribution in [1.29, 1.82) is 0 Å². The van der Waals surface area contributed by atoms with Crippen LogP contribution in [0.15, 0.2) is 53.9 Å². The van der Waals surface area contributed by atoms with Crippen molar-refractivity contribution in [2.75, 3.05) is 53.5 Å². The van der Waals surface area contributed by atoms with Gasteiger partial charge in [0.1, 0.15) is 17.3 Å². The first-order valence-corrected chi connectivity index (χ1v) is 13.2. The van der Waals surface area contributed by atoms with E-state index in [1.54, 1.807) is 60.8 Å². The molecule has 2 aliphatic rings. The summed E-state index contributed by atoms with van der Waals surface area (Å²) in [5.74, 6) is 0.742. The van der Waals surface area contributed by atoms with Crippen LogP contribution in [-0.4, -0.2) is 80.0 Å². The van der Waals surface area contributed by atoms with Crippen molar-refractivity contribution >= 4 is 23.2 Å². The van der Waals surface area contributed by atoms with E-state index in [2.05, 4.69) is 16.3 Å².